The summed E-state index contributed by atoms with van der Waals surface area (Å²) in [7, 11) is 3.26. The lowest BCUT2D eigenvalue weighted by Crippen LogP contribution is -2.58. The fourth-order valence-electron chi connectivity index (χ4n) is 4.83. The van der Waals surface area contributed by atoms with Gasteiger partial charge >= 0.3 is 5.97 Å². The molecular weight excluding hydrogens is 472 g/mol. The molecule has 1 fully saturated rings. The van der Waals surface area contributed by atoms with E-state index in [2.05, 4.69) is 24.1 Å². The van der Waals surface area contributed by atoms with Crippen molar-refractivity contribution in [2.45, 2.75) is 98.8 Å². The number of piperidine rings is 1. The Hall–Kier alpha value is -2.42. The molecule has 1 saturated heterocycles. The molecule has 0 saturated carbocycles. The van der Waals surface area contributed by atoms with E-state index in [1.807, 2.05) is 27.7 Å². The van der Waals surface area contributed by atoms with Gasteiger partial charge in [-0.05, 0) is 58.9 Å². The Bertz CT molecular complexity index is 823. The Labute approximate surface area is 223 Å². The Kier molecular flexibility index (Phi) is 13.3. The number of carbonyl (C=O) groups excluding carboxylic acids is 4. The van der Waals surface area contributed by atoms with Crippen LogP contribution in [0.2, 0.25) is 0 Å². The smallest absolute Gasteiger partial charge is 0.325 e. The van der Waals surface area contributed by atoms with Crippen molar-refractivity contribution >= 4 is 23.7 Å². The van der Waals surface area contributed by atoms with Crippen LogP contribution in [0.15, 0.2) is 11.6 Å². The average Bonchev–Trinajstić information content (AvgIpc) is 2.83. The van der Waals surface area contributed by atoms with Crippen molar-refractivity contribution in [3.05, 3.63) is 11.6 Å². The molecule has 212 valence electrons. The fraction of sp³-hybridized carbons (Fsp3) is 0.786. The number of esters is 1. The number of ether oxygens (including phenoxy) is 1. The summed E-state index contributed by atoms with van der Waals surface area (Å²) < 4.78 is 4.93. The number of likely N-dealkylation sites (N-methyl/N-ethyl adjacent to an activating group) is 2. The quantitative estimate of drug-likeness (QED) is 0.313. The number of likely N-dealkylation sites (tertiary alicyclic amines) is 1. The van der Waals surface area contributed by atoms with Crippen LogP contribution in [0.5, 0.6) is 0 Å². The van der Waals surface area contributed by atoms with Crippen LogP contribution in [0.25, 0.3) is 0 Å². The first kappa shape index (κ1) is 32.6. The van der Waals surface area contributed by atoms with E-state index in [0.717, 1.165) is 25.8 Å². The topological polar surface area (TPSA) is 99.3 Å². The Balaban J connectivity index is 3.06. The van der Waals surface area contributed by atoms with E-state index >= 15 is 0 Å². The maximum atomic E-state index is 13.7. The molecule has 0 aliphatic carbocycles. The number of rotatable bonds is 12. The number of carbonyl (C=O) groups is 4. The van der Waals surface area contributed by atoms with Gasteiger partial charge in [0.1, 0.15) is 12.6 Å². The van der Waals surface area contributed by atoms with Crippen LogP contribution in [-0.4, -0.2) is 96.3 Å². The maximum absolute atomic E-state index is 13.7. The van der Waals surface area contributed by atoms with Crippen LogP contribution in [0.4, 0.5) is 0 Å². The average molecular weight is 523 g/mol. The summed E-state index contributed by atoms with van der Waals surface area (Å²) in [5, 5.41) is 3.05. The highest BCUT2D eigenvalue weighted by atomic mass is 16.5. The second-order valence-electron chi connectivity index (χ2n) is 11.1. The first-order valence-corrected chi connectivity index (χ1v) is 13.6. The van der Waals surface area contributed by atoms with Crippen LogP contribution < -0.4 is 5.32 Å². The van der Waals surface area contributed by atoms with Gasteiger partial charge in [-0.3, -0.25) is 24.1 Å². The number of nitrogens with zero attached hydrogens (tertiary/aromatic N) is 3. The number of hydrogen-bond acceptors (Lipinski definition) is 6. The second kappa shape index (κ2) is 15.1. The summed E-state index contributed by atoms with van der Waals surface area (Å²) in [5.74, 6) is -1.15. The molecule has 1 heterocycles. The molecule has 3 amide bonds. The zero-order valence-electron chi connectivity index (χ0n) is 24.7. The molecule has 1 N–H and O–H groups in total. The standard InChI is InChI=1S/C28H50N4O5/c1-11-37-24(33)17-30(9)27(35)21(8)16-23(18(2)3)31(10)28(36)25(19(4)5)29-26(34)22-14-12-13-15-32(22)20(6)7/h16,18-20,22-23,25H,11-15,17H2,1-10H3,(H,29,34)/b21-16+/t22?,23-,25+/m1/s1. The third kappa shape index (κ3) is 9.43. The van der Waals surface area contributed by atoms with E-state index in [-0.39, 0.29) is 60.8 Å². The molecule has 0 spiro atoms. The van der Waals surface area contributed by atoms with Crippen molar-refractivity contribution in [2.24, 2.45) is 11.8 Å². The molecule has 0 aromatic rings. The summed E-state index contributed by atoms with van der Waals surface area (Å²) in [5.41, 5.74) is 0.435. The molecule has 37 heavy (non-hydrogen) atoms. The third-order valence-electron chi connectivity index (χ3n) is 6.99. The third-order valence-corrected chi connectivity index (χ3v) is 6.99. The molecule has 0 aromatic heterocycles. The number of nitrogens with one attached hydrogen (secondary N) is 1. The SMILES string of the molecule is CCOC(=O)CN(C)C(=O)/C(C)=C/[C@H](C(C)C)N(C)C(=O)[C@@H](NC(=O)C1CCCCN1C(C)C)C(C)C. The van der Waals surface area contributed by atoms with Crippen LogP contribution in [0.3, 0.4) is 0 Å². The van der Waals surface area contributed by atoms with Crippen LogP contribution in [0, 0.1) is 11.8 Å². The Morgan fingerprint density at radius 1 is 1.03 bits per heavy atom. The first-order chi connectivity index (χ1) is 17.2. The van der Waals surface area contributed by atoms with Crippen molar-refractivity contribution in [1.82, 2.24) is 20.0 Å². The van der Waals surface area contributed by atoms with Crippen LogP contribution in [-0.2, 0) is 23.9 Å². The van der Waals surface area contributed by atoms with Gasteiger partial charge in [-0.15, -0.1) is 0 Å². The Morgan fingerprint density at radius 3 is 2.16 bits per heavy atom. The van der Waals surface area contributed by atoms with E-state index in [0.29, 0.717) is 5.57 Å². The van der Waals surface area contributed by atoms with Gasteiger partial charge in [-0.1, -0.05) is 40.2 Å². The molecule has 0 aromatic carbocycles. The van der Waals surface area contributed by atoms with Gasteiger partial charge in [-0.25, -0.2) is 0 Å². The minimum absolute atomic E-state index is 0.0188. The maximum Gasteiger partial charge on any atom is 0.325 e. The van der Waals surface area contributed by atoms with Gasteiger partial charge in [0.05, 0.1) is 18.7 Å². The lowest BCUT2D eigenvalue weighted by atomic mass is 9.95. The normalized spacial score (nSPS) is 18.5. The van der Waals surface area contributed by atoms with E-state index in [1.54, 1.807) is 38.9 Å². The largest absolute Gasteiger partial charge is 0.465 e. The van der Waals surface area contributed by atoms with Gasteiger partial charge in [-0.2, -0.15) is 0 Å². The van der Waals surface area contributed by atoms with Crippen molar-refractivity contribution in [2.75, 3.05) is 33.8 Å². The van der Waals surface area contributed by atoms with Crippen molar-refractivity contribution < 1.29 is 23.9 Å². The van der Waals surface area contributed by atoms with Crippen LogP contribution in [0.1, 0.15) is 74.7 Å². The molecule has 9 nitrogen and oxygen atoms in total. The molecule has 9 heteroatoms. The number of hydrogen-bond donors (Lipinski definition) is 1. The summed E-state index contributed by atoms with van der Waals surface area (Å²) in [6.07, 6.45) is 4.64. The molecule has 1 rings (SSSR count). The minimum Gasteiger partial charge on any atom is -0.465 e. The van der Waals surface area contributed by atoms with Crippen molar-refractivity contribution in [3.63, 3.8) is 0 Å². The highest BCUT2D eigenvalue weighted by Crippen LogP contribution is 2.21. The van der Waals surface area contributed by atoms with Gasteiger partial charge in [0, 0.05) is 25.7 Å². The molecule has 0 radical (unpaired) electrons. The summed E-state index contributed by atoms with van der Waals surface area (Å²) in [4.78, 5) is 56.8. The zero-order chi connectivity index (χ0) is 28.4. The molecule has 1 aliphatic rings. The highest BCUT2D eigenvalue weighted by Gasteiger charge is 2.36. The summed E-state index contributed by atoms with van der Waals surface area (Å²) in [6, 6.07) is -1.02. The molecule has 1 unspecified atom stereocenters. The molecular formula is C28H50N4O5. The lowest BCUT2D eigenvalue weighted by Gasteiger charge is -2.39. The molecule has 3 atom stereocenters. The van der Waals surface area contributed by atoms with E-state index in [9.17, 15) is 19.2 Å². The van der Waals surface area contributed by atoms with E-state index in [4.69, 9.17) is 4.74 Å². The van der Waals surface area contributed by atoms with E-state index in [1.165, 1.54) is 4.90 Å². The minimum atomic E-state index is -0.675. The summed E-state index contributed by atoms with van der Waals surface area (Å²) >= 11 is 0. The van der Waals surface area contributed by atoms with E-state index < -0.39 is 12.0 Å². The molecule has 0 bridgehead atoms. The van der Waals surface area contributed by atoms with Gasteiger partial charge < -0.3 is 19.9 Å². The predicted octanol–water partition coefficient (Wildman–Crippen LogP) is 2.84. The summed E-state index contributed by atoms with van der Waals surface area (Å²) in [6.45, 7) is 16.4. The monoisotopic (exact) mass is 522 g/mol. The first-order valence-electron chi connectivity index (χ1n) is 13.6. The Morgan fingerprint density at radius 2 is 1.65 bits per heavy atom. The lowest BCUT2D eigenvalue weighted by molar-refractivity contribution is -0.147. The van der Waals surface area contributed by atoms with Crippen molar-refractivity contribution in [3.8, 4) is 0 Å². The van der Waals surface area contributed by atoms with Crippen LogP contribution >= 0.6 is 0 Å². The zero-order valence-corrected chi connectivity index (χ0v) is 24.7. The van der Waals surface area contributed by atoms with Gasteiger partial charge in [0.2, 0.25) is 17.7 Å². The number of amides is 3. The molecule has 1 aliphatic heterocycles. The van der Waals surface area contributed by atoms with Gasteiger partial charge in [0.25, 0.3) is 0 Å². The second-order valence-corrected chi connectivity index (χ2v) is 11.1. The highest BCUT2D eigenvalue weighted by molar-refractivity contribution is 5.95. The fourth-order valence-corrected chi connectivity index (χ4v) is 4.83. The van der Waals surface area contributed by atoms with Gasteiger partial charge in [0.15, 0.2) is 0 Å². The van der Waals surface area contributed by atoms with Crippen molar-refractivity contribution in [1.29, 1.82) is 0 Å². The predicted molar refractivity (Wildman–Crippen MR) is 146 cm³/mol.